The van der Waals surface area contributed by atoms with E-state index in [4.69, 9.17) is 11.5 Å². The molecule has 4 N–H and O–H groups in total. The number of hydrogen-bond donors (Lipinski definition) is 2. The summed E-state index contributed by atoms with van der Waals surface area (Å²) >= 11 is 0. The average Bonchev–Trinajstić information content (AvgIpc) is 2.95. The fourth-order valence-electron chi connectivity index (χ4n) is 4.27. The van der Waals surface area contributed by atoms with Crippen LogP contribution in [0.2, 0.25) is 0 Å². The lowest BCUT2D eigenvalue weighted by Crippen LogP contribution is -2.58. The minimum atomic E-state index is -0.767. The molecule has 5 heteroatoms. The van der Waals surface area contributed by atoms with E-state index in [9.17, 15) is 4.79 Å². The normalized spacial score (nSPS) is 44.4. The summed E-state index contributed by atoms with van der Waals surface area (Å²) in [5, 5.41) is 0. The molecule has 0 aromatic heterocycles. The van der Waals surface area contributed by atoms with Gasteiger partial charge in [0, 0.05) is 31.2 Å². The zero-order valence-corrected chi connectivity index (χ0v) is 11.8. The van der Waals surface area contributed by atoms with Gasteiger partial charge in [-0.25, -0.2) is 0 Å². The minimum absolute atomic E-state index is 0.331. The highest BCUT2D eigenvalue weighted by Gasteiger charge is 2.45. The Kier molecular flexibility index (Phi) is 3.31. The van der Waals surface area contributed by atoms with Crippen molar-refractivity contribution >= 4 is 5.91 Å². The van der Waals surface area contributed by atoms with Crippen molar-refractivity contribution < 1.29 is 4.79 Å². The lowest BCUT2D eigenvalue weighted by molar-refractivity contribution is -0.123. The highest BCUT2D eigenvalue weighted by Crippen LogP contribution is 2.35. The van der Waals surface area contributed by atoms with Crippen LogP contribution in [0.4, 0.5) is 0 Å². The molecule has 3 rings (SSSR count). The summed E-state index contributed by atoms with van der Waals surface area (Å²) in [6.07, 6.45) is 5.14. The van der Waals surface area contributed by atoms with E-state index in [1.165, 1.54) is 19.4 Å². The molecule has 4 unspecified atom stereocenters. The summed E-state index contributed by atoms with van der Waals surface area (Å²) in [6.45, 7) is 5.86. The van der Waals surface area contributed by atoms with Gasteiger partial charge in [0.2, 0.25) is 5.91 Å². The molecule has 0 spiro atoms. The van der Waals surface area contributed by atoms with Crippen LogP contribution >= 0.6 is 0 Å². The van der Waals surface area contributed by atoms with Gasteiger partial charge in [-0.2, -0.15) is 0 Å². The van der Waals surface area contributed by atoms with Gasteiger partial charge in [0.25, 0.3) is 0 Å². The monoisotopic (exact) mass is 266 g/mol. The van der Waals surface area contributed by atoms with Gasteiger partial charge in [-0.1, -0.05) is 0 Å². The number of hydrogen-bond acceptors (Lipinski definition) is 4. The number of carbonyl (C=O) groups is 1. The zero-order valence-electron chi connectivity index (χ0n) is 11.8. The molecule has 3 fully saturated rings. The molecule has 1 saturated carbocycles. The first-order valence-corrected chi connectivity index (χ1v) is 7.58. The van der Waals surface area contributed by atoms with Crippen molar-refractivity contribution in [3.8, 4) is 0 Å². The molecule has 0 aromatic rings. The minimum Gasteiger partial charge on any atom is -0.368 e. The first-order chi connectivity index (χ1) is 8.99. The number of carbonyl (C=O) groups excluding carboxylic acids is 1. The first-order valence-electron chi connectivity index (χ1n) is 7.58. The summed E-state index contributed by atoms with van der Waals surface area (Å²) in [5.74, 6) is -0.331. The van der Waals surface area contributed by atoms with E-state index in [1.54, 1.807) is 0 Å². The topological polar surface area (TPSA) is 75.6 Å². The fraction of sp³-hybridized carbons (Fsp3) is 0.929. The third kappa shape index (κ3) is 2.28. The van der Waals surface area contributed by atoms with Gasteiger partial charge in [-0.3, -0.25) is 14.6 Å². The van der Waals surface area contributed by atoms with Crippen LogP contribution in [0.1, 0.15) is 39.0 Å². The molecular formula is C14H26N4O. The molecule has 5 nitrogen and oxygen atoms in total. The summed E-state index contributed by atoms with van der Waals surface area (Å²) in [4.78, 5) is 16.7. The van der Waals surface area contributed by atoms with Crippen molar-refractivity contribution in [1.82, 2.24) is 9.80 Å². The van der Waals surface area contributed by atoms with Crippen LogP contribution in [0.25, 0.3) is 0 Å². The van der Waals surface area contributed by atoms with E-state index in [0.29, 0.717) is 12.1 Å². The van der Waals surface area contributed by atoms with Crippen LogP contribution in [0.15, 0.2) is 0 Å². The molecule has 0 radical (unpaired) electrons. The Bertz CT molecular complexity index is 374. The van der Waals surface area contributed by atoms with Crippen LogP contribution < -0.4 is 11.5 Å². The molecule has 4 atom stereocenters. The molecule has 108 valence electrons. The van der Waals surface area contributed by atoms with Crippen molar-refractivity contribution in [2.24, 2.45) is 11.5 Å². The highest BCUT2D eigenvalue weighted by atomic mass is 16.1. The van der Waals surface area contributed by atoms with Gasteiger partial charge in [0.05, 0.1) is 5.54 Å². The van der Waals surface area contributed by atoms with Crippen LogP contribution in [-0.4, -0.2) is 59.0 Å². The second-order valence-electron chi connectivity index (χ2n) is 6.75. The Morgan fingerprint density at radius 1 is 1.26 bits per heavy atom. The molecule has 2 aliphatic heterocycles. The summed E-state index contributed by atoms with van der Waals surface area (Å²) in [7, 11) is 0. The van der Waals surface area contributed by atoms with Crippen LogP contribution in [-0.2, 0) is 4.79 Å². The predicted molar refractivity (Wildman–Crippen MR) is 74.5 cm³/mol. The summed E-state index contributed by atoms with van der Waals surface area (Å²) < 4.78 is 0. The number of nitrogens with two attached hydrogens (primary N) is 2. The molecule has 3 aliphatic rings. The number of amides is 1. The van der Waals surface area contributed by atoms with Crippen LogP contribution in [0.5, 0.6) is 0 Å². The molecular weight excluding hydrogens is 240 g/mol. The maximum absolute atomic E-state index is 11.5. The molecule has 2 heterocycles. The lowest BCUT2D eigenvalue weighted by Gasteiger charge is -2.45. The van der Waals surface area contributed by atoms with E-state index in [-0.39, 0.29) is 5.91 Å². The van der Waals surface area contributed by atoms with E-state index >= 15 is 0 Å². The quantitative estimate of drug-likeness (QED) is 0.731. The number of fused-ring (bicyclic) bond motifs is 1. The lowest BCUT2D eigenvalue weighted by atomic mass is 9.97. The summed E-state index contributed by atoms with van der Waals surface area (Å²) in [5.41, 5.74) is 10.8. The number of piperazine rings is 1. The van der Waals surface area contributed by atoms with Crippen molar-refractivity contribution in [3.63, 3.8) is 0 Å². The van der Waals surface area contributed by atoms with Gasteiger partial charge in [0.1, 0.15) is 0 Å². The van der Waals surface area contributed by atoms with Gasteiger partial charge in [0.15, 0.2) is 0 Å². The second kappa shape index (κ2) is 4.72. The van der Waals surface area contributed by atoms with Crippen LogP contribution in [0, 0.1) is 0 Å². The van der Waals surface area contributed by atoms with Gasteiger partial charge < -0.3 is 11.5 Å². The Morgan fingerprint density at radius 2 is 2.05 bits per heavy atom. The van der Waals surface area contributed by atoms with Gasteiger partial charge in [-0.05, 0) is 45.6 Å². The van der Waals surface area contributed by atoms with E-state index in [0.717, 1.165) is 38.4 Å². The molecule has 19 heavy (non-hydrogen) atoms. The number of primary amides is 1. The predicted octanol–water partition coefficient (Wildman–Crippen LogP) is -0.110. The molecule has 2 saturated heterocycles. The van der Waals surface area contributed by atoms with Crippen molar-refractivity contribution in [1.29, 1.82) is 0 Å². The van der Waals surface area contributed by atoms with E-state index < -0.39 is 5.54 Å². The molecule has 1 aliphatic carbocycles. The Balaban J connectivity index is 1.68. The van der Waals surface area contributed by atoms with Gasteiger partial charge >= 0.3 is 0 Å². The molecule has 0 bridgehead atoms. The fourth-order valence-corrected chi connectivity index (χ4v) is 4.27. The number of nitrogens with zero attached hydrogens (tertiary/aromatic N) is 2. The van der Waals surface area contributed by atoms with E-state index in [2.05, 4.69) is 16.7 Å². The van der Waals surface area contributed by atoms with E-state index in [1.807, 2.05) is 0 Å². The van der Waals surface area contributed by atoms with Gasteiger partial charge in [-0.15, -0.1) is 0 Å². The molecule has 1 amide bonds. The third-order valence-electron chi connectivity index (χ3n) is 5.47. The zero-order chi connectivity index (χ0) is 13.6. The number of rotatable bonds is 2. The smallest absolute Gasteiger partial charge is 0.237 e. The van der Waals surface area contributed by atoms with Crippen molar-refractivity contribution in [2.75, 3.05) is 19.6 Å². The maximum Gasteiger partial charge on any atom is 0.237 e. The largest absolute Gasteiger partial charge is 0.368 e. The first kappa shape index (κ1) is 13.3. The summed E-state index contributed by atoms with van der Waals surface area (Å²) in [6, 6.07) is 1.72. The Hall–Kier alpha value is -0.650. The van der Waals surface area contributed by atoms with Crippen molar-refractivity contribution in [3.05, 3.63) is 0 Å². The Morgan fingerprint density at radius 3 is 2.74 bits per heavy atom. The Labute approximate surface area is 115 Å². The maximum atomic E-state index is 11.5. The van der Waals surface area contributed by atoms with Crippen molar-refractivity contribution in [2.45, 2.75) is 62.7 Å². The second-order valence-corrected chi connectivity index (χ2v) is 6.75. The van der Waals surface area contributed by atoms with Crippen LogP contribution in [0.3, 0.4) is 0 Å². The third-order valence-corrected chi connectivity index (χ3v) is 5.47. The SMILES string of the molecule is CC1CN2CCCC2CN1C1CCC(N)(C(N)=O)C1. The average molecular weight is 266 g/mol. The highest BCUT2D eigenvalue weighted by molar-refractivity contribution is 5.84. The molecule has 0 aromatic carbocycles. The standard InChI is InChI=1S/C14H26N4O/c1-10-8-17-6-2-3-12(17)9-18(10)11-4-5-14(16,7-11)13(15)19/h10-12H,2-9,16H2,1H3,(H2,15,19).